The third kappa shape index (κ3) is 5.90. The van der Waals surface area contributed by atoms with Crippen molar-refractivity contribution in [2.75, 3.05) is 6.61 Å². The second-order valence-corrected chi connectivity index (χ2v) is 5.66. The highest BCUT2D eigenvalue weighted by molar-refractivity contribution is 5.94. The van der Waals surface area contributed by atoms with Gasteiger partial charge in [0.25, 0.3) is 0 Å². The fourth-order valence-corrected chi connectivity index (χ4v) is 2.45. The van der Waals surface area contributed by atoms with Gasteiger partial charge in [-0.1, -0.05) is 42.5 Å². The van der Waals surface area contributed by atoms with Crippen LogP contribution in [-0.2, 0) is 4.79 Å². The van der Waals surface area contributed by atoms with Gasteiger partial charge in [0.2, 0.25) is 11.8 Å². The minimum absolute atomic E-state index is 0.0846. The van der Waals surface area contributed by atoms with Crippen LogP contribution in [0.25, 0.3) is 6.08 Å². The van der Waals surface area contributed by atoms with E-state index >= 15 is 0 Å². The van der Waals surface area contributed by atoms with Crippen LogP contribution in [-0.4, -0.2) is 23.5 Å². The number of hydrogen-bond donors (Lipinski definition) is 3. The van der Waals surface area contributed by atoms with Crippen LogP contribution in [0.1, 0.15) is 40.4 Å². The van der Waals surface area contributed by atoms with Crippen LogP contribution >= 0.6 is 0 Å². The lowest BCUT2D eigenvalue weighted by molar-refractivity contribution is -0.117. The number of aliphatic hydroxyl groups excluding tert-OH is 1. The van der Waals surface area contributed by atoms with E-state index in [1.807, 2.05) is 30.3 Å². The number of primary amides is 1. The summed E-state index contributed by atoms with van der Waals surface area (Å²) in [5, 5.41) is 12.0. The van der Waals surface area contributed by atoms with Gasteiger partial charge in [0.15, 0.2) is 0 Å². The van der Waals surface area contributed by atoms with Crippen molar-refractivity contribution in [2.45, 2.75) is 18.9 Å². The van der Waals surface area contributed by atoms with Gasteiger partial charge in [-0.2, -0.15) is 0 Å². The maximum Gasteiger partial charge on any atom is 0.248 e. The van der Waals surface area contributed by atoms with E-state index in [1.54, 1.807) is 30.3 Å². The molecule has 4 N–H and O–H groups in total. The molecule has 0 saturated carbocycles. The second-order valence-electron chi connectivity index (χ2n) is 5.66. The van der Waals surface area contributed by atoms with Gasteiger partial charge in [0.1, 0.15) is 0 Å². The Morgan fingerprint density at radius 3 is 2.36 bits per heavy atom. The molecule has 1 unspecified atom stereocenters. The Bertz CT molecular complexity index is 724. The number of benzene rings is 2. The van der Waals surface area contributed by atoms with Gasteiger partial charge >= 0.3 is 0 Å². The van der Waals surface area contributed by atoms with E-state index in [0.29, 0.717) is 18.4 Å². The molecule has 0 bridgehead atoms. The Labute approximate surface area is 147 Å². The van der Waals surface area contributed by atoms with Crippen molar-refractivity contribution < 1.29 is 14.7 Å². The molecule has 2 aromatic carbocycles. The lowest BCUT2D eigenvalue weighted by Crippen LogP contribution is -2.27. The predicted molar refractivity (Wildman–Crippen MR) is 97.6 cm³/mol. The highest BCUT2D eigenvalue weighted by atomic mass is 16.3. The zero-order chi connectivity index (χ0) is 18.1. The summed E-state index contributed by atoms with van der Waals surface area (Å²) in [4.78, 5) is 23.2. The van der Waals surface area contributed by atoms with E-state index in [-0.39, 0.29) is 18.6 Å². The topological polar surface area (TPSA) is 92.4 Å². The molecule has 2 rings (SSSR count). The first kappa shape index (κ1) is 18.4. The van der Waals surface area contributed by atoms with Crippen molar-refractivity contribution in [3.63, 3.8) is 0 Å². The zero-order valence-electron chi connectivity index (χ0n) is 13.9. The van der Waals surface area contributed by atoms with Gasteiger partial charge in [-0.15, -0.1) is 0 Å². The molecule has 0 aliphatic rings. The van der Waals surface area contributed by atoms with Gasteiger partial charge in [-0.3, -0.25) is 9.59 Å². The van der Waals surface area contributed by atoms with Crippen LogP contribution in [0.4, 0.5) is 0 Å². The Hall–Kier alpha value is -2.92. The molecule has 0 aliphatic heterocycles. The fourth-order valence-electron chi connectivity index (χ4n) is 2.45. The summed E-state index contributed by atoms with van der Waals surface area (Å²) in [5.41, 5.74) is 7.42. The molecule has 0 radical (unpaired) electrons. The first-order valence-corrected chi connectivity index (χ1v) is 8.14. The molecule has 2 aromatic rings. The van der Waals surface area contributed by atoms with Crippen LogP contribution in [0.2, 0.25) is 0 Å². The largest absolute Gasteiger partial charge is 0.396 e. The van der Waals surface area contributed by atoms with E-state index in [2.05, 4.69) is 5.32 Å². The number of amides is 2. The van der Waals surface area contributed by atoms with Crippen molar-refractivity contribution >= 4 is 17.9 Å². The summed E-state index contributed by atoms with van der Waals surface area (Å²) >= 11 is 0. The standard InChI is InChI=1S/C20H22N2O3/c21-20(25)17-11-8-15(9-12-17)10-13-19(24)22-18(7-4-14-23)16-5-2-1-3-6-16/h1-3,5-6,8-13,18,23H,4,7,14H2,(H2,21,25)(H,22,24)/b13-10+. The van der Waals surface area contributed by atoms with Crippen LogP contribution in [0.3, 0.4) is 0 Å². The Balaban J connectivity index is 2.01. The normalized spacial score (nSPS) is 12.0. The van der Waals surface area contributed by atoms with Gasteiger partial charge in [-0.25, -0.2) is 0 Å². The first-order valence-electron chi connectivity index (χ1n) is 8.14. The Morgan fingerprint density at radius 1 is 1.08 bits per heavy atom. The summed E-state index contributed by atoms with van der Waals surface area (Å²) < 4.78 is 0. The molecule has 130 valence electrons. The molecule has 5 heteroatoms. The molecular formula is C20H22N2O3. The quantitative estimate of drug-likeness (QED) is 0.645. The van der Waals surface area contributed by atoms with E-state index < -0.39 is 5.91 Å². The summed E-state index contributed by atoms with van der Waals surface area (Å²) in [7, 11) is 0. The number of carbonyl (C=O) groups excluding carboxylic acids is 2. The van der Waals surface area contributed by atoms with Gasteiger partial charge in [0, 0.05) is 18.2 Å². The molecule has 0 fully saturated rings. The molecule has 0 heterocycles. The highest BCUT2D eigenvalue weighted by Gasteiger charge is 2.12. The third-order valence-corrected chi connectivity index (χ3v) is 3.79. The van der Waals surface area contributed by atoms with Crippen molar-refractivity contribution in [3.05, 3.63) is 77.4 Å². The van der Waals surface area contributed by atoms with Gasteiger partial charge in [-0.05, 0) is 42.2 Å². The summed E-state index contributed by atoms with van der Waals surface area (Å²) in [6.45, 7) is 0.0846. The number of nitrogens with two attached hydrogens (primary N) is 1. The minimum atomic E-state index is -0.483. The Kier molecular flexibility index (Phi) is 6.92. The van der Waals surface area contributed by atoms with E-state index in [0.717, 1.165) is 11.1 Å². The molecule has 25 heavy (non-hydrogen) atoms. The van der Waals surface area contributed by atoms with Crippen molar-refractivity contribution in [1.29, 1.82) is 0 Å². The molecule has 0 spiro atoms. The highest BCUT2D eigenvalue weighted by Crippen LogP contribution is 2.18. The lowest BCUT2D eigenvalue weighted by atomic mass is 10.0. The molecular weight excluding hydrogens is 316 g/mol. The SMILES string of the molecule is NC(=O)c1ccc(/C=C/C(=O)NC(CCCO)c2ccccc2)cc1. The average Bonchev–Trinajstić information content (AvgIpc) is 2.64. The zero-order valence-corrected chi connectivity index (χ0v) is 13.9. The summed E-state index contributed by atoms with van der Waals surface area (Å²) in [6, 6.07) is 16.2. The van der Waals surface area contributed by atoms with Gasteiger partial charge in [0.05, 0.1) is 6.04 Å². The number of carbonyl (C=O) groups is 2. The molecule has 0 aromatic heterocycles. The molecule has 0 aliphatic carbocycles. The smallest absolute Gasteiger partial charge is 0.248 e. The summed E-state index contributed by atoms with van der Waals surface area (Å²) in [5.74, 6) is -0.700. The second kappa shape index (κ2) is 9.39. The maximum atomic E-state index is 12.2. The van der Waals surface area contributed by atoms with E-state index in [4.69, 9.17) is 10.8 Å². The van der Waals surface area contributed by atoms with Gasteiger partial charge < -0.3 is 16.2 Å². The van der Waals surface area contributed by atoms with Crippen LogP contribution in [0, 0.1) is 0 Å². The molecule has 2 amide bonds. The van der Waals surface area contributed by atoms with Crippen LogP contribution in [0.5, 0.6) is 0 Å². The number of aliphatic hydroxyl groups is 1. The van der Waals surface area contributed by atoms with Crippen LogP contribution < -0.4 is 11.1 Å². The molecule has 1 atom stereocenters. The molecule has 5 nitrogen and oxygen atoms in total. The lowest BCUT2D eigenvalue weighted by Gasteiger charge is -2.18. The van der Waals surface area contributed by atoms with Crippen molar-refractivity contribution in [2.24, 2.45) is 5.73 Å². The minimum Gasteiger partial charge on any atom is -0.396 e. The first-order chi connectivity index (χ1) is 12.1. The number of rotatable bonds is 8. The predicted octanol–water partition coefficient (Wildman–Crippen LogP) is 2.43. The Morgan fingerprint density at radius 2 is 1.76 bits per heavy atom. The van der Waals surface area contributed by atoms with E-state index in [1.165, 1.54) is 6.08 Å². The number of nitrogens with one attached hydrogen (secondary N) is 1. The third-order valence-electron chi connectivity index (χ3n) is 3.79. The maximum absolute atomic E-state index is 12.2. The van der Waals surface area contributed by atoms with E-state index in [9.17, 15) is 9.59 Å². The fraction of sp³-hybridized carbons (Fsp3) is 0.200. The van der Waals surface area contributed by atoms with Crippen molar-refractivity contribution in [3.8, 4) is 0 Å². The van der Waals surface area contributed by atoms with Crippen LogP contribution in [0.15, 0.2) is 60.7 Å². The average molecular weight is 338 g/mol. The summed E-state index contributed by atoms with van der Waals surface area (Å²) in [6.07, 6.45) is 4.40. The molecule has 0 saturated heterocycles. The monoisotopic (exact) mass is 338 g/mol. The van der Waals surface area contributed by atoms with Crippen molar-refractivity contribution in [1.82, 2.24) is 5.32 Å². The number of hydrogen-bond acceptors (Lipinski definition) is 3.